The van der Waals surface area contributed by atoms with Crippen LogP contribution in [0.25, 0.3) is 0 Å². The number of amides is 1. The van der Waals surface area contributed by atoms with Crippen LogP contribution in [0.1, 0.15) is 0 Å². The van der Waals surface area contributed by atoms with Crippen LogP contribution in [0.15, 0.2) is 12.7 Å². The average molecular weight is 208 g/mol. The average Bonchev–Trinajstić information content (AvgIpc) is 2.33. The van der Waals surface area contributed by atoms with Crippen LogP contribution in [0.5, 0.6) is 0 Å². The summed E-state index contributed by atoms with van der Waals surface area (Å²) in [6, 6.07) is 0. The molecule has 0 N–H and O–H groups in total. The molecule has 1 aliphatic rings. The van der Waals surface area contributed by atoms with Gasteiger partial charge in [-0.3, -0.25) is 4.79 Å². The van der Waals surface area contributed by atoms with Gasteiger partial charge in [-0.25, -0.2) is 0 Å². The third-order valence-electron chi connectivity index (χ3n) is 1.96. The monoisotopic (exact) mass is 207 g/mol. The Morgan fingerprint density at radius 2 is 2.42 bits per heavy atom. The highest BCUT2D eigenvalue weighted by atomic mass is 35.5. The maximum absolute atomic E-state index is 11.4. The summed E-state index contributed by atoms with van der Waals surface area (Å²) < 4.78 is 0. The minimum atomic E-state index is -0.442. The van der Waals surface area contributed by atoms with Crippen molar-refractivity contribution >= 4 is 29.1 Å². The molecule has 1 fully saturated rings. The summed E-state index contributed by atoms with van der Waals surface area (Å²) in [6.45, 7) is 4.78. The zero-order chi connectivity index (χ0) is 9.14. The van der Waals surface area contributed by atoms with Crippen LogP contribution in [0.3, 0.4) is 0 Å². The highest BCUT2D eigenvalue weighted by molar-refractivity contribution is 6.32. The normalized spacial score (nSPS) is 29.5. The lowest BCUT2D eigenvalue weighted by molar-refractivity contribution is -0.126. The van der Waals surface area contributed by atoms with E-state index in [0.717, 1.165) is 0 Å². The molecular weight excluding hydrogens is 197 g/mol. The molecule has 1 rings (SSSR count). The predicted molar refractivity (Wildman–Crippen MR) is 50.6 cm³/mol. The number of rotatable bonds is 3. The van der Waals surface area contributed by atoms with Gasteiger partial charge in [0.1, 0.15) is 5.38 Å². The van der Waals surface area contributed by atoms with Gasteiger partial charge >= 0.3 is 0 Å². The van der Waals surface area contributed by atoms with Crippen molar-refractivity contribution in [2.45, 2.75) is 5.38 Å². The highest BCUT2D eigenvalue weighted by Gasteiger charge is 2.37. The molecule has 4 heteroatoms. The summed E-state index contributed by atoms with van der Waals surface area (Å²) in [5.41, 5.74) is 0. The number of alkyl halides is 2. The fourth-order valence-electron chi connectivity index (χ4n) is 1.29. The molecule has 0 aromatic rings. The topological polar surface area (TPSA) is 20.3 Å². The summed E-state index contributed by atoms with van der Waals surface area (Å²) in [6.07, 6.45) is 1.69. The lowest BCUT2D eigenvalue weighted by Crippen LogP contribution is -2.27. The number of hydrogen-bond acceptors (Lipinski definition) is 1. The van der Waals surface area contributed by atoms with Gasteiger partial charge in [-0.15, -0.1) is 29.8 Å². The van der Waals surface area contributed by atoms with Crippen LogP contribution in [0, 0.1) is 5.92 Å². The second-order valence-corrected chi connectivity index (χ2v) is 3.63. The van der Waals surface area contributed by atoms with Crippen LogP contribution in [0.4, 0.5) is 0 Å². The van der Waals surface area contributed by atoms with Crippen LogP contribution < -0.4 is 0 Å². The third-order valence-corrected chi connectivity index (χ3v) is 2.90. The summed E-state index contributed by atoms with van der Waals surface area (Å²) in [7, 11) is 0. The van der Waals surface area contributed by atoms with E-state index < -0.39 is 5.38 Å². The molecule has 68 valence electrons. The van der Waals surface area contributed by atoms with Gasteiger partial charge in [-0.2, -0.15) is 0 Å². The van der Waals surface area contributed by atoms with Crippen molar-refractivity contribution in [2.24, 2.45) is 5.92 Å². The highest BCUT2D eigenvalue weighted by Crippen LogP contribution is 2.24. The van der Waals surface area contributed by atoms with E-state index in [4.69, 9.17) is 23.2 Å². The Balaban J connectivity index is 2.60. The Morgan fingerprint density at radius 1 is 1.75 bits per heavy atom. The lowest BCUT2D eigenvalue weighted by atomic mass is 10.1. The molecule has 12 heavy (non-hydrogen) atoms. The minimum absolute atomic E-state index is 0.0257. The van der Waals surface area contributed by atoms with Crippen LogP contribution in [0.2, 0.25) is 0 Å². The quantitative estimate of drug-likeness (QED) is 0.508. The molecule has 0 saturated carbocycles. The molecular formula is C8H11Cl2NO. The Hall–Kier alpha value is -0.210. The van der Waals surface area contributed by atoms with Crippen molar-refractivity contribution in [2.75, 3.05) is 19.0 Å². The molecule has 0 aromatic carbocycles. The molecule has 1 saturated heterocycles. The van der Waals surface area contributed by atoms with Gasteiger partial charge in [-0.1, -0.05) is 6.08 Å². The van der Waals surface area contributed by atoms with Gasteiger partial charge in [0.05, 0.1) is 0 Å². The van der Waals surface area contributed by atoms with Crippen molar-refractivity contribution in [3.8, 4) is 0 Å². The first kappa shape index (κ1) is 9.87. The Morgan fingerprint density at radius 3 is 2.83 bits per heavy atom. The first-order valence-corrected chi connectivity index (χ1v) is 4.77. The summed E-state index contributed by atoms with van der Waals surface area (Å²) in [4.78, 5) is 13.0. The van der Waals surface area contributed by atoms with Crippen LogP contribution >= 0.6 is 23.2 Å². The molecule has 0 bridgehead atoms. The second-order valence-electron chi connectivity index (χ2n) is 2.85. The van der Waals surface area contributed by atoms with E-state index >= 15 is 0 Å². The standard InChI is InChI=1S/C8H11Cl2NO/c1-2-3-11-5-6(4-9)7(10)8(11)12/h2,6-7H,1,3-5H2/t6-,7+/m0/s1. The number of hydrogen-bond donors (Lipinski definition) is 0. The van der Waals surface area contributed by atoms with Crippen molar-refractivity contribution in [3.63, 3.8) is 0 Å². The number of likely N-dealkylation sites (tertiary alicyclic amines) is 1. The van der Waals surface area contributed by atoms with Gasteiger partial charge in [-0.05, 0) is 0 Å². The zero-order valence-electron chi connectivity index (χ0n) is 6.67. The largest absolute Gasteiger partial charge is 0.337 e. The molecule has 0 radical (unpaired) electrons. The first-order chi connectivity index (χ1) is 5.70. The van der Waals surface area contributed by atoms with Crippen molar-refractivity contribution in [1.82, 2.24) is 4.90 Å². The maximum atomic E-state index is 11.4. The van der Waals surface area contributed by atoms with Gasteiger partial charge in [0, 0.05) is 24.9 Å². The molecule has 0 unspecified atom stereocenters. The van der Waals surface area contributed by atoms with Gasteiger partial charge in [0.2, 0.25) is 5.91 Å². The first-order valence-electron chi connectivity index (χ1n) is 3.80. The third kappa shape index (κ3) is 1.75. The van der Waals surface area contributed by atoms with E-state index in [-0.39, 0.29) is 11.8 Å². The lowest BCUT2D eigenvalue weighted by Gasteiger charge is -2.12. The summed E-state index contributed by atoms with van der Waals surface area (Å²) in [5, 5.41) is -0.442. The summed E-state index contributed by atoms with van der Waals surface area (Å²) in [5.74, 6) is 0.496. The Labute approximate surface area is 82.1 Å². The van der Waals surface area contributed by atoms with E-state index in [1.54, 1.807) is 11.0 Å². The smallest absolute Gasteiger partial charge is 0.241 e. The number of carbonyl (C=O) groups is 1. The van der Waals surface area contributed by atoms with Crippen LogP contribution in [-0.2, 0) is 4.79 Å². The molecule has 1 heterocycles. The Bertz CT molecular complexity index is 195. The molecule has 1 aliphatic heterocycles. The molecule has 0 aromatic heterocycles. The maximum Gasteiger partial charge on any atom is 0.241 e. The van der Waals surface area contributed by atoms with Gasteiger partial charge in [0.15, 0.2) is 0 Å². The molecule has 0 aliphatic carbocycles. The fourth-order valence-corrected chi connectivity index (χ4v) is 1.96. The van der Waals surface area contributed by atoms with Crippen molar-refractivity contribution in [1.29, 1.82) is 0 Å². The molecule has 2 nitrogen and oxygen atoms in total. The van der Waals surface area contributed by atoms with E-state index in [1.807, 2.05) is 0 Å². The number of halogens is 2. The second kappa shape index (κ2) is 4.15. The summed E-state index contributed by atoms with van der Waals surface area (Å²) >= 11 is 11.5. The van der Waals surface area contributed by atoms with Crippen molar-refractivity contribution < 1.29 is 4.79 Å². The number of nitrogens with zero attached hydrogens (tertiary/aromatic N) is 1. The van der Waals surface area contributed by atoms with E-state index in [9.17, 15) is 4.79 Å². The SMILES string of the molecule is C=CCN1C[C@H](CCl)[C@@H](Cl)C1=O. The van der Waals surface area contributed by atoms with Gasteiger partial charge in [0.25, 0.3) is 0 Å². The Kier molecular flexibility index (Phi) is 3.41. The van der Waals surface area contributed by atoms with Crippen LogP contribution in [-0.4, -0.2) is 35.2 Å². The van der Waals surface area contributed by atoms with Gasteiger partial charge < -0.3 is 4.90 Å². The predicted octanol–water partition coefficient (Wildman–Crippen LogP) is 1.48. The molecule has 2 atom stereocenters. The molecule has 1 amide bonds. The minimum Gasteiger partial charge on any atom is -0.337 e. The fraction of sp³-hybridized carbons (Fsp3) is 0.625. The molecule has 0 spiro atoms. The van der Waals surface area contributed by atoms with Crippen molar-refractivity contribution in [3.05, 3.63) is 12.7 Å². The van der Waals surface area contributed by atoms with E-state index in [1.165, 1.54) is 0 Å². The zero-order valence-corrected chi connectivity index (χ0v) is 8.18. The van der Waals surface area contributed by atoms with E-state index in [0.29, 0.717) is 19.0 Å². The van der Waals surface area contributed by atoms with E-state index in [2.05, 4.69) is 6.58 Å². The number of carbonyl (C=O) groups excluding carboxylic acids is 1.